The first kappa shape index (κ1) is 17.6. The largest absolute Gasteiger partial charge is 0.496 e. The lowest BCUT2D eigenvalue weighted by molar-refractivity contribution is 0.102. The molecule has 1 N–H and O–H groups in total. The Bertz CT molecular complexity index is 741. The van der Waals surface area contributed by atoms with Crippen LogP contribution in [0.15, 0.2) is 42.5 Å². The van der Waals surface area contributed by atoms with Gasteiger partial charge in [0.2, 0.25) is 0 Å². The Labute approximate surface area is 153 Å². The number of nitrogens with zero attached hydrogens (tertiary/aromatic N) is 2. The summed E-state index contributed by atoms with van der Waals surface area (Å²) in [7, 11) is 3.66. The standard InChI is InChI=1S/C19H22ClN3O2/c1-22-10-12-23(13-11-22)15-8-6-14(7-9-15)21-19(24)18-16(20)4-3-5-17(18)25-2/h3-9H,10-13H2,1-2H3,(H,21,24). The van der Waals surface area contributed by atoms with E-state index in [0.717, 1.165) is 31.9 Å². The van der Waals surface area contributed by atoms with Gasteiger partial charge in [-0.05, 0) is 43.4 Å². The molecule has 1 aliphatic heterocycles. The maximum Gasteiger partial charge on any atom is 0.260 e. The van der Waals surface area contributed by atoms with Crippen molar-refractivity contribution in [1.29, 1.82) is 0 Å². The molecule has 5 nitrogen and oxygen atoms in total. The van der Waals surface area contributed by atoms with Crippen molar-refractivity contribution in [2.75, 3.05) is 50.6 Å². The molecule has 0 spiro atoms. The molecular formula is C19H22ClN3O2. The van der Waals surface area contributed by atoms with Crippen LogP contribution in [-0.4, -0.2) is 51.1 Å². The van der Waals surface area contributed by atoms with E-state index >= 15 is 0 Å². The van der Waals surface area contributed by atoms with Gasteiger partial charge in [0.1, 0.15) is 11.3 Å². The molecule has 1 saturated heterocycles. The van der Waals surface area contributed by atoms with E-state index in [2.05, 4.69) is 22.2 Å². The number of methoxy groups -OCH3 is 1. The summed E-state index contributed by atoms with van der Waals surface area (Å²) in [5.74, 6) is 0.175. The fraction of sp³-hybridized carbons (Fsp3) is 0.316. The van der Waals surface area contributed by atoms with Crippen molar-refractivity contribution in [2.45, 2.75) is 0 Å². The van der Waals surface area contributed by atoms with Gasteiger partial charge in [0.25, 0.3) is 5.91 Å². The highest BCUT2D eigenvalue weighted by molar-refractivity contribution is 6.34. The molecule has 1 aliphatic rings. The fourth-order valence-corrected chi connectivity index (χ4v) is 3.16. The Morgan fingerprint density at radius 1 is 1.08 bits per heavy atom. The second-order valence-electron chi connectivity index (χ2n) is 6.11. The molecule has 0 saturated carbocycles. The number of amides is 1. The minimum atomic E-state index is -0.283. The Kier molecular flexibility index (Phi) is 5.46. The average Bonchev–Trinajstić information content (AvgIpc) is 2.62. The molecule has 0 aromatic heterocycles. The molecule has 0 aliphatic carbocycles. The maximum absolute atomic E-state index is 12.5. The normalized spacial score (nSPS) is 15.1. The molecular weight excluding hydrogens is 338 g/mol. The van der Waals surface area contributed by atoms with Crippen LogP contribution in [0.3, 0.4) is 0 Å². The van der Waals surface area contributed by atoms with Crippen molar-refractivity contribution in [3.8, 4) is 5.75 Å². The van der Waals surface area contributed by atoms with E-state index in [1.54, 1.807) is 18.2 Å². The van der Waals surface area contributed by atoms with Gasteiger partial charge in [0, 0.05) is 37.6 Å². The highest BCUT2D eigenvalue weighted by atomic mass is 35.5. The van der Waals surface area contributed by atoms with Gasteiger partial charge in [-0.2, -0.15) is 0 Å². The smallest absolute Gasteiger partial charge is 0.260 e. The zero-order chi connectivity index (χ0) is 17.8. The predicted molar refractivity (Wildman–Crippen MR) is 102 cm³/mol. The number of piperazine rings is 1. The second-order valence-corrected chi connectivity index (χ2v) is 6.52. The van der Waals surface area contributed by atoms with Gasteiger partial charge < -0.3 is 19.9 Å². The molecule has 1 amide bonds. The average molecular weight is 360 g/mol. The number of nitrogens with one attached hydrogen (secondary N) is 1. The lowest BCUT2D eigenvalue weighted by atomic mass is 10.1. The van der Waals surface area contributed by atoms with Crippen LogP contribution in [0.2, 0.25) is 5.02 Å². The molecule has 1 fully saturated rings. The van der Waals surface area contributed by atoms with E-state index in [0.29, 0.717) is 16.3 Å². The topological polar surface area (TPSA) is 44.8 Å². The molecule has 25 heavy (non-hydrogen) atoms. The Balaban J connectivity index is 1.70. The van der Waals surface area contributed by atoms with E-state index in [1.807, 2.05) is 24.3 Å². The van der Waals surface area contributed by atoms with Crippen LogP contribution in [0.25, 0.3) is 0 Å². The minimum absolute atomic E-state index is 0.283. The van der Waals surface area contributed by atoms with Crippen molar-refractivity contribution in [3.05, 3.63) is 53.1 Å². The van der Waals surface area contributed by atoms with E-state index in [1.165, 1.54) is 12.8 Å². The van der Waals surface area contributed by atoms with Crippen LogP contribution in [0.1, 0.15) is 10.4 Å². The fourth-order valence-electron chi connectivity index (χ4n) is 2.91. The summed E-state index contributed by atoms with van der Waals surface area (Å²) in [6.07, 6.45) is 0. The molecule has 2 aromatic rings. The number of rotatable bonds is 4. The number of anilines is 2. The molecule has 6 heteroatoms. The van der Waals surface area contributed by atoms with Gasteiger partial charge in [-0.15, -0.1) is 0 Å². The van der Waals surface area contributed by atoms with E-state index in [4.69, 9.17) is 16.3 Å². The molecule has 0 radical (unpaired) electrons. The SMILES string of the molecule is COc1cccc(Cl)c1C(=O)Nc1ccc(N2CCN(C)CC2)cc1. The number of halogens is 1. The maximum atomic E-state index is 12.5. The van der Waals surface area contributed by atoms with Crippen molar-refractivity contribution in [2.24, 2.45) is 0 Å². The zero-order valence-electron chi connectivity index (χ0n) is 14.5. The van der Waals surface area contributed by atoms with Gasteiger partial charge in [-0.3, -0.25) is 4.79 Å². The first-order valence-corrected chi connectivity index (χ1v) is 8.63. The lowest BCUT2D eigenvalue weighted by Gasteiger charge is -2.34. The predicted octanol–water partition coefficient (Wildman–Crippen LogP) is 3.35. The number of hydrogen-bond acceptors (Lipinski definition) is 4. The summed E-state index contributed by atoms with van der Waals surface area (Å²) in [4.78, 5) is 17.2. The van der Waals surface area contributed by atoms with E-state index in [-0.39, 0.29) is 5.91 Å². The summed E-state index contributed by atoms with van der Waals surface area (Å²) in [5, 5.41) is 3.25. The Morgan fingerprint density at radius 3 is 2.40 bits per heavy atom. The summed E-state index contributed by atoms with van der Waals surface area (Å²) in [6, 6.07) is 13.0. The molecule has 0 unspecified atom stereocenters. The van der Waals surface area contributed by atoms with Gasteiger partial charge in [0.05, 0.1) is 12.1 Å². The second kappa shape index (κ2) is 7.76. The summed E-state index contributed by atoms with van der Waals surface area (Å²) >= 11 is 6.16. The Hall–Kier alpha value is -2.24. The van der Waals surface area contributed by atoms with E-state index in [9.17, 15) is 4.79 Å². The number of carbonyl (C=O) groups excluding carboxylic acids is 1. The number of hydrogen-bond donors (Lipinski definition) is 1. The van der Waals surface area contributed by atoms with Crippen molar-refractivity contribution in [1.82, 2.24) is 4.90 Å². The van der Waals surface area contributed by atoms with Gasteiger partial charge in [-0.1, -0.05) is 17.7 Å². The van der Waals surface area contributed by atoms with Crippen LogP contribution < -0.4 is 15.0 Å². The molecule has 132 valence electrons. The van der Waals surface area contributed by atoms with E-state index < -0.39 is 0 Å². The van der Waals surface area contributed by atoms with Crippen LogP contribution in [0, 0.1) is 0 Å². The molecule has 2 aromatic carbocycles. The summed E-state index contributed by atoms with van der Waals surface area (Å²) in [6.45, 7) is 4.15. The van der Waals surface area contributed by atoms with Crippen LogP contribution in [0.4, 0.5) is 11.4 Å². The van der Waals surface area contributed by atoms with Gasteiger partial charge >= 0.3 is 0 Å². The van der Waals surface area contributed by atoms with Crippen molar-refractivity contribution in [3.63, 3.8) is 0 Å². The van der Waals surface area contributed by atoms with Gasteiger partial charge in [-0.25, -0.2) is 0 Å². The molecule has 1 heterocycles. The molecule has 3 rings (SSSR count). The first-order valence-electron chi connectivity index (χ1n) is 8.26. The lowest BCUT2D eigenvalue weighted by Crippen LogP contribution is -2.44. The third-order valence-electron chi connectivity index (χ3n) is 4.42. The summed E-state index contributed by atoms with van der Waals surface area (Å²) < 4.78 is 5.24. The molecule has 0 atom stereocenters. The van der Waals surface area contributed by atoms with Crippen LogP contribution >= 0.6 is 11.6 Å². The number of likely N-dealkylation sites (N-methyl/N-ethyl adjacent to an activating group) is 1. The van der Waals surface area contributed by atoms with Crippen LogP contribution in [-0.2, 0) is 0 Å². The number of carbonyl (C=O) groups is 1. The number of benzene rings is 2. The first-order chi connectivity index (χ1) is 12.1. The third-order valence-corrected chi connectivity index (χ3v) is 4.73. The minimum Gasteiger partial charge on any atom is -0.496 e. The summed E-state index contributed by atoms with van der Waals surface area (Å²) in [5.41, 5.74) is 2.24. The van der Waals surface area contributed by atoms with Crippen molar-refractivity contribution < 1.29 is 9.53 Å². The highest BCUT2D eigenvalue weighted by Gasteiger charge is 2.17. The van der Waals surface area contributed by atoms with Gasteiger partial charge in [0.15, 0.2) is 0 Å². The zero-order valence-corrected chi connectivity index (χ0v) is 15.2. The van der Waals surface area contributed by atoms with Crippen molar-refractivity contribution >= 4 is 28.9 Å². The quantitative estimate of drug-likeness (QED) is 0.909. The Morgan fingerprint density at radius 2 is 1.76 bits per heavy atom. The van der Waals surface area contributed by atoms with Crippen LogP contribution in [0.5, 0.6) is 5.75 Å². The number of ether oxygens (including phenoxy) is 1. The third kappa shape index (κ3) is 4.06. The highest BCUT2D eigenvalue weighted by Crippen LogP contribution is 2.27. The monoisotopic (exact) mass is 359 g/mol. The molecule has 0 bridgehead atoms.